The number of aromatic hydroxyl groups is 2. The first-order chi connectivity index (χ1) is 11.8. The Hall–Kier alpha value is -2.92. The average Bonchev–Trinajstić information content (AvgIpc) is 2.46. The van der Waals surface area contributed by atoms with Gasteiger partial charge in [0.05, 0.1) is 12.8 Å². The van der Waals surface area contributed by atoms with Crippen LogP contribution in [0.5, 0.6) is 11.5 Å². The number of phenolic OH excluding ortho intramolecular Hbond substituents is 2. The van der Waals surface area contributed by atoms with Crippen LogP contribution in [0.4, 0.5) is 0 Å². The van der Waals surface area contributed by atoms with E-state index in [1.807, 2.05) is 0 Å². The van der Waals surface area contributed by atoms with Crippen LogP contribution < -0.4 is 0 Å². The van der Waals surface area contributed by atoms with Gasteiger partial charge in [-0.05, 0) is 35.4 Å². The molecular formula is C16H18O10. The number of aliphatic carboxylic acids is 2. The number of carboxylic acid groups (broad SMARTS) is 2. The molecule has 8 N–H and O–H groups in total. The number of rotatable bonds is 4. The van der Waals surface area contributed by atoms with Crippen LogP contribution in [0.2, 0.25) is 0 Å². The van der Waals surface area contributed by atoms with Crippen LogP contribution in [0.1, 0.15) is 12.0 Å². The van der Waals surface area contributed by atoms with Crippen LogP contribution in [0.25, 0.3) is 0 Å². The van der Waals surface area contributed by atoms with Crippen molar-refractivity contribution in [3.05, 3.63) is 47.6 Å². The maximum absolute atomic E-state index is 10.3. The largest absolute Gasteiger partial charge is 0.504 e. The van der Waals surface area contributed by atoms with E-state index in [4.69, 9.17) is 40.9 Å². The normalized spacial score (nSPS) is 16.8. The Kier molecular flexibility index (Phi) is 6.48. The molecule has 0 fully saturated rings. The minimum atomic E-state index is -2.87. The fourth-order valence-electron chi connectivity index (χ4n) is 1.90. The number of allylic oxidation sites excluding steroid dienone is 1. The van der Waals surface area contributed by atoms with Crippen molar-refractivity contribution in [2.45, 2.75) is 24.4 Å². The Morgan fingerprint density at radius 3 is 1.88 bits per heavy atom. The molecule has 0 heterocycles. The molecule has 1 aliphatic rings. The van der Waals surface area contributed by atoms with Crippen LogP contribution in [-0.4, -0.2) is 64.4 Å². The third-order valence-electron chi connectivity index (χ3n) is 3.21. The first kappa shape index (κ1) is 21.1. The summed E-state index contributed by atoms with van der Waals surface area (Å²) < 4.78 is 0. The minimum Gasteiger partial charge on any atom is -0.504 e. The molecule has 26 heavy (non-hydrogen) atoms. The second-order valence-electron chi connectivity index (χ2n) is 5.47. The quantitative estimate of drug-likeness (QED) is 0.241. The van der Waals surface area contributed by atoms with Gasteiger partial charge in [-0.25, -0.2) is 0 Å². The Labute approximate surface area is 146 Å². The molecule has 10 heteroatoms. The zero-order valence-corrected chi connectivity index (χ0v) is 13.3. The maximum atomic E-state index is 10.3. The fraction of sp³-hybridized carbons (Fsp3) is 0.250. The van der Waals surface area contributed by atoms with E-state index in [0.29, 0.717) is 17.7 Å². The summed E-state index contributed by atoms with van der Waals surface area (Å²) in [4.78, 5) is 20.5. The van der Waals surface area contributed by atoms with E-state index in [0.717, 1.165) is 6.08 Å². The Balaban J connectivity index is 0.000000263. The average molecular weight is 370 g/mol. The molecule has 0 spiro atoms. The van der Waals surface area contributed by atoms with Gasteiger partial charge in [0, 0.05) is 0 Å². The summed E-state index contributed by atoms with van der Waals surface area (Å²) in [5.74, 6) is -8.33. The molecule has 0 aliphatic heterocycles. The Morgan fingerprint density at radius 2 is 1.42 bits per heavy atom. The first-order valence-electron chi connectivity index (χ1n) is 7.09. The van der Waals surface area contributed by atoms with Crippen molar-refractivity contribution in [1.29, 1.82) is 0 Å². The van der Waals surface area contributed by atoms with Gasteiger partial charge in [0.25, 0.3) is 0 Å². The molecule has 0 unspecified atom stereocenters. The summed E-state index contributed by atoms with van der Waals surface area (Å²) in [5, 5.41) is 70.9. The van der Waals surface area contributed by atoms with Crippen LogP contribution in [0.3, 0.4) is 0 Å². The van der Waals surface area contributed by atoms with E-state index >= 15 is 0 Å². The van der Waals surface area contributed by atoms with Crippen molar-refractivity contribution < 1.29 is 50.4 Å². The number of aliphatic hydroxyl groups is 4. The lowest BCUT2D eigenvalue weighted by Crippen LogP contribution is -2.53. The molecule has 142 valence electrons. The summed E-state index contributed by atoms with van der Waals surface area (Å²) in [6.45, 7) is 0. The smallest absolute Gasteiger partial charge is 0.307 e. The van der Waals surface area contributed by atoms with E-state index < -0.39 is 29.9 Å². The van der Waals surface area contributed by atoms with E-state index in [1.165, 1.54) is 18.2 Å². The Bertz CT molecular complexity index is 745. The number of hydrogen-bond acceptors (Lipinski definition) is 8. The van der Waals surface area contributed by atoms with Gasteiger partial charge in [0.2, 0.25) is 11.6 Å². The molecule has 2 rings (SSSR count). The van der Waals surface area contributed by atoms with Crippen LogP contribution >= 0.6 is 0 Å². The van der Waals surface area contributed by atoms with Crippen molar-refractivity contribution >= 4 is 11.9 Å². The predicted molar refractivity (Wildman–Crippen MR) is 84.9 cm³/mol. The molecule has 1 aromatic rings. The highest BCUT2D eigenvalue weighted by Gasteiger charge is 2.45. The number of phenols is 2. The highest BCUT2D eigenvalue weighted by molar-refractivity contribution is 5.71. The van der Waals surface area contributed by atoms with E-state index in [-0.39, 0.29) is 23.5 Å². The van der Waals surface area contributed by atoms with E-state index in [1.54, 1.807) is 0 Å². The summed E-state index contributed by atoms with van der Waals surface area (Å²) in [5.41, 5.74) is 0.541. The highest BCUT2D eigenvalue weighted by Crippen LogP contribution is 2.28. The third-order valence-corrected chi connectivity index (χ3v) is 3.21. The molecule has 1 aliphatic carbocycles. The molecule has 0 bridgehead atoms. The lowest BCUT2D eigenvalue weighted by Gasteiger charge is -2.33. The number of hydrogen-bond donors (Lipinski definition) is 8. The van der Waals surface area contributed by atoms with E-state index in [2.05, 4.69) is 0 Å². The zero-order chi connectivity index (χ0) is 20.1. The van der Waals surface area contributed by atoms with Gasteiger partial charge in [0.1, 0.15) is 0 Å². The van der Waals surface area contributed by atoms with Crippen molar-refractivity contribution in [2.24, 2.45) is 0 Å². The van der Waals surface area contributed by atoms with Gasteiger partial charge in [-0.2, -0.15) is 0 Å². The molecule has 10 nitrogen and oxygen atoms in total. The second kappa shape index (κ2) is 7.97. The van der Waals surface area contributed by atoms with Crippen LogP contribution in [0, 0.1) is 0 Å². The maximum Gasteiger partial charge on any atom is 0.307 e. The summed E-state index contributed by atoms with van der Waals surface area (Å²) >= 11 is 0. The SMILES string of the molecule is O=C(O)CC1=CC(O)(O)C(O)(O)C=C1.O=C(O)Cc1ccc(O)c(O)c1. The molecule has 0 amide bonds. The third kappa shape index (κ3) is 5.86. The number of carbonyl (C=O) groups is 2. The minimum absolute atomic E-state index is 0.0845. The molecule has 0 radical (unpaired) electrons. The monoisotopic (exact) mass is 370 g/mol. The Morgan fingerprint density at radius 1 is 0.846 bits per heavy atom. The summed E-state index contributed by atoms with van der Waals surface area (Å²) in [6.07, 6.45) is 1.93. The molecule has 0 saturated heterocycles. The van der Waals surface area contributed by atoms with Gasteiger partial charge >= 0.3 is 11.9 Å². The predicted octanol–water partition coefficient (Wildman–Crippen LogP) is -0.956. The fourth-order valence-corrected chi connectivity index (χ4v) is 1.90. The van der Waals surface area contributed by atoms with Crippen molar-refractivity contribution in [1.82, 2.24) is 0 Å². The molecule has 0 atom stereocenters. The van der Waals surface area contributed by atoms with Gasteiger partial charge in [-0.15, -0.1) is 0 Å². The summed E-state index contributed by atoms with van der Waals surface area (Å²) in [7, 11) is 0. The zero-order valence-electron chi connectivity index (χ0n) is 13.3. The van der Waals surface area contributed by atoms with Crippen molar-refractivity contribution in [3.63, 3.8) is 0 Å². The molecule has 0 saturated carbocycles. The van der Waals surface area contributed by atoms with Crippen LogP contribution in [-0.2, 0) is 16.0 Å². The van der Waals surface area contributed by atoms with Crippen LogP contribution in [0.15, 0.2) is 42.0 Å². The van der Waals surface area contributed by atoms with E-state index in [9.17, 15) is 9.59 Å². The summed E-state index contributed by atoms with van der Waals surface area (Å²) in [6, 6.07) is 3.93. The van der Waals surface area contributed by atoms with Crippen molar-refractivity contribution in [3.8, 4) is 11.5 Å². The number of carboxylic acids is 2. The number of benzene rings is 1. The van der Waals surface area contributed by atoms with Crippen molar-refractivity contribution in [2.75, 3.05) is 0 Å². The first-order valence-corrected chi connectivity index (χ1v) is 7.09. The molecular weight excluding hydrogens is 352 g/mol. The van der Waals surface area contributed by atoms with Gasteiger partial charge in [-0.3, -0.25) is 9.59 Å². The van der Waals surface area contributed by atoms with Gasteiger partial charge < -0.3 is 40.9 Å². The van der Waals surface area contributed by atoms with Gasteiger partial charge in [0.15, 0.2) is 11.5 Å². The lowest BCUT2D eigenvalue weighted by molar-refractivity contribution is -0.308. The second-order valence-corrected chi connectivity index (χ2v) is 5.47. The molecule has 1 aromatic carbocycles. The standard InChI is InChI=1S/C8H10O6.C8H8O4/c9-6(10)3-5-1-2-7(11,12)8(13,14)4-5;9-6-2-1-5(3-7(6)10)4-8(11)12/h1-2,4,11-14H,3H2,(H,9,10);1-3,9-10H,4H2,(H,11,12). The lowest BCUT2D eigenvalue weighted by atomic mass is 9.94. The highest BCUT2D eigenvalue weighted by atomic mass is 16.6. The van der Waals surface area contributed by atoms with Gasteiger partial charge in [-0.1, -0.05) is 12.1 Å². The topological polar surface area (TPSA) is 196 Å². The molecule has 0 aromatic heterocycles.